The number of rotatable bonds is 27. The Morgan fingerprint density at radius 1 is 0.485 bits per heavy atom. The molecule has 200 valence electrons. The van der Waals surface area contributed by atoms with Crippen molar-refractivity contribution in [1.29, 1.82) is 0 Å². The third-order valence-corrected chi connectivity index (χ3v) is 6.92. The maximum Gasteiger partial charge on any atom is 0.0780 e. The lowest BCUT2D eigenvalue weighted by Gasteiger charge is -2.21. The summed E-state index contributed by atoms with van der Waals surface area (Å²) in [4.78, 5) is 0. The fourth-order valence-electron chi connectivity index (χ4n) is 4.50. The van der Waals surface area contributed by atoms with Crippen LogP contribution in [0.1, 0.15) is 156 Å². The Hall–Kier alpha value is -0.120. The Morgan fingerprint density at radius 3 is 1.24 bits per heavy atom. The maximum absolute atomic E-state index is 9.12. The molecule has 0 spiro atoms. The topological polar surface area (TPSA) is 38.7 Å². The number of aliphatic hydroxyl groups is 1. The van der Waals surface area contributed by atoms with Crippen molar-refractivity contribution in [3.05, 3.63) is 0 Å². The van der Waals surface area contributed by atoms with Gasteiger partial charge in [-0.25, -0.2) is 0 Å². The minimum absolute atomic E-state index is 0.0759. The summed E-state index contributed by atoms with van der Waals surface area (Å²) in [6, 6.07) is 0. The Kier molecular flexibility index (Phi) is 26.4. The van der Waals surface area contributed by atoms with Gasteiger partial charge >= 0.3 is 0 Å². The summed E-state index contributed by atoms with van der Waals surface area (Å²) >= 11 is 0. The van der Waals surface area contributed by atoms with Gasteiger partial charge in [-0.3, -0.25) is 0 Å². The van der Waals surface area contributed by atoms with Crippen molar-refractivity contribution in [2.45, 2.75) is 168 Å². The largest absolute Gasteiger partial charge is 0.394 e. The Bertz CT molecular complexity index is 360. The van der Waals surface area contributed by atoms with Crippen molar-refractivity contribution in [1.82, 2.24) is 0 Å². The summed E-state index contributed by atoms with van der Waals surface area (Å²) in [6.07, 6.45) is 27.8. The van der Waals surface area contributed by atoms with E-state index in [0.717, 1.165) is 6.61 Å². The quantitative estimate of drug-likeness (QED) is 0.122. The Morgan fingerprint density at radius 2 is 0.848 bits per heavy atom. The number of aliphatic hydroxyl groups excluding tert-OH is 1. The maximum atomic E-state index is 9.12. The van der Waals surface area contributed by atoms with E-state index in [2.05, 4.69) is 20.8 Å². The Balaban J connectivity index is 4.01. The fourth-order valence-corrected chi connectivity index (χ4v) is 4.50. The van der Waals surface area contributed by atoms with Crippen molar-refractivity contribution in [2.75, 3.05) is 19.8 Å². The van der Waals surface area contributed by atoms with E-state index in [9.17, 15) is 0 Å². The van der Waals surface area contributed by atoms with Gasteiger partial charge in [-0.2, -0.15) is 0 Å². The van der Waals surface area contributed by atoms with Crippen LogP contribution in [0.15, 0.2) is 0 Å². The van der Waals surface area contributed by atoms with Crippen molar-refractivity contribution >= 4 is 0 Å². The first-order valence-electron chi connectivity index (χ1n) is 15.0. The minimum atomic E-state index is -0.101. The van der Waals surface area contributed by atoms with E-state index < -0.39 is 0 Å². The molecular formula is C30H62O3. The lowest BCUT2D eigenvalue weighted by molar-refractivity contribution is -0.0542. The first-order valence-corrected chi connectivity index (χ1v) is 15.0. The van der Waals surface area contributed by atoms with E-state index in [1.807, 2.05) is 6.92 Å². The molecule has 0 rings (SSSR count). The van der Waals surface area contributed by atoms with E-state index in [1.165, 1.54) is 128 Å². The third kappa shape index (κ3) is 24.8. The van der Waals surface area contributed by atoms with Crippen LogP contribution in [-0.2, 0) is 9.47 Å². The highest BCUT2D eigenvalue weighted by Gasteiger charge is 2.13. The van der Waals surface area contributed by atoms with Crippen molar-refractivity contribution in [2.24, 2.45) is 5.92 Å². The summed E-state index contributed by atoms with van der Waals surface area (Å²) in [7, 11) is 0. The zero-order chi connectivity index (χ0) is 24.4. The highest BCUT2D eigenvalue weighted by molar-refractivity contribution is 4.62. The average Bonchev–Trinajstić information content (AvgIpc) is 2.83. The second-order valence-electron chi connectivity index (χ2n) is 10.6. The molecule has 3 unspecified atom stereocenters. The first kappa shape index (κ1) is 32.9. The molecule has 0 aliphatic carbocycles. The van der Waals surface area contributed by atoms with Gasteiger partial charge in [-0.05, 0) is 32.6 Å². The molecule has 0 aliphatic rings. The summed E-state index contributed by atoms with van der Waals surface area (Å²) in [5.41, 5.74) is 0. The molecule has 0 aromatic carbocycles. The monoisotopic (exact) mass is 470 g/mol. The SMILES string of the molecule is CCCCCCCCCCCCC(CCCCCCCCCC)COC(C)COC(C)CO. The molecule has 1 N–H and O–H groups in total. The Labute approximate surface area is 208 Å². The molecule has 0 heterocycles. The molecule has 0 aromatic rings. The highest BCUT2D eigenvalue weighted by Crippen LogP contribution is 2.21. The van der Waals surface area contributed by atoms with Gasteiger partial charge in [0.25, 0.3) is 0 Å². The molecular weight excluding hydrogens is 408 g/mol. The van der Waals surface area contributed by atoms with Crippen LogP contribution < -0.4 is 0 Å². The van der Waals surface area contributed by atoms with Crippen LogP contribution in [0.2, 0.25) is 0 Å². The van der Waals surface area contributed by atoms with Crippen LogP contribution in [0.4, 0.5) is 0 Å². The molecule has 0 fully saturated rings. The van der Waals surface area contributed by atoms with Gasteiger partial charge in [0.05, 0.1) is 25.4 Å². The second kappa shape index (κ2) is 26.5. The highest BCUT2D eigenvalue weighted by atomic mass is 16.5. The van der Waals surface area contributed by atoms with Crippen LogP contribution in [0.25, 0.3) is 0 Å². The lowest BCUT2D eigenvalue weighted by atomic mass is 9.94. The molecule has 33 heavy (non-hydrogen) atoms. The van der Waals surface area contributed by atoms with Crippen LogP contribution in [-0.4, -0.2) is 37.1 Å². The molecule has 0 bridgehead atoms. The number of ether oxygens (including phenoxy) is 2. The molecule has 3 atom stereocenters. The van der Waals surface area contributed by atoms with E-state index >= 15 is 0 Å². The van der Waals surface area contributed by atoms with E-state index in [1.54, 1.807) is 0 Å². The summed E-state index contributed by atoms with van der Waals surface area (Å²) < 4.78 is 11.8. The van der Waals surface area contributed by atoms with Crippen molar-refractivity contribution in [3.63, 3.8) is 0 Å². The van der Waals surface area contributed by atoms with Gasteiger partial charge in [0.15, 0.2) is 0 Å². The van der Waals surface area contributed by atoms with Crippen LogP contribution >= 0.6 is 0 Å². The summed E-state index contributed by atoms with van der Waals surface area (Å²) in [6.45, 7) is 10.1. The molecule has 0 saturated carbocycles. The summed E-state index contributed by atoms with van der Waals surface area (Å²) in [5, 5.41) is 9.12. The van der Waals surface area contributed by atoms with E-state index in [0.29, 0.717) is 12.5 Å². The van der Waals surface area contributed by atoms with Gasteiger partial charge < -0.3 is 14.6 Å². The molecule has 0 saturated heterocycles. The number of unbranched alkanes of at least 4 members (excludes halogenated alkanes) is 16. The normalized spacial score (nSPS) is 14.5. The molecule has 0 aliphatic heterocycles. The average molecular weight is 471 g/mol. The smallest absolute Gasteiger partial charge is 0.0780 e. The van der Waals surface area contributed by atoms with E-state index in [4.69, 9.17) is 14.6 Å². The van der Waals surface area contributed by atoms with Gasteiger partial charge in [0.2, 0.25) is 0 Å². The third-order valence-electron chi connectivity index (χ3n) is 6.92. The molecule has 0 amide bonds. The van der Waals surface area contributed by atoms with Gasteiger partial charge in [0, 0.05) is 6.61 Å². The van der Waals surface area contributed by atoms with E-state index in [-0.39, 0.29) is 18.8 Å². The lowest BCUT2D eigenvalue weighted by Crippen LogP contribution is -2.24. The number of hydrogen-bond donors (Lipinski definition) is 1. The molecule has 3 nitrogen and oxygen atoms in total. The molecule has 0 radical (unpaired) electrons. The number of hydrogen-bond acceptors (Lipinski definition) is 3. The predicted octanol–water partition coefficient (Wildman–Crippen LogP) is 9.25. The van der Waals surface area contributed by atoms with Crippen molar-refractivity contribution in [3.8, 4) is 0 Å². The second-order valence-corrected chi connectivity index (χ2v) is 10.6. The fraction of sp³-hybridized carbons (Fsp3) is 1.00. The van der Waals surface area contributed by atoms with Crippen LogP contribution in [0, 0.1) is 5.92 Å². The van der Waals surface area contributed by atoms with Gasteiger partial charge in [-0.1, -0.05) is 129 Å². The zero-order valence-electron chi connectivity index (χ0n) is 23.3. The van der Waals surface area contributed by atoms with Crippen LogP contribution in [0.3, 0.4) is 0 Å². The standard InChI is InChI=1S/C30H62O3/c1-5-7-9-11-13-15-16-18-20-22-24-30(23-21-19-17-14-12-10-8-6-2)27-33-29(4)26-32-28(3)25-31/h28-31H,5-27H2,1-4H3. The summed E-state index contributed by atoms with van der Waals surface area (Å²) in [5.74, 6) is 0.692. The van der Waals surface area contributed by atoms with Crippen molar-refractivity contribution < 1.29 is 14.6 Å². The molecule has 3 heteroatoms. The molecule has 0 aromatic heterocycles. The van der Waals surface area contributed by atoms with Gasteiger partial charge in [0.1, 0.15) is 0 Å². The predicted molar refractivity (Wildman–Crippen MR) is 145 cm³/mol. The van der Waals surface area contributed by atoms with Crippen LogP contribution in [0.5, 0.6) is 0 Å². The minimum Gasteiger partial charge on any atom is -0.394 e. The first-order chi connectivity index (χ1) is 16.1. The zero-order valence-corrected chi connectivity index (χ0v) is 23.3. The van der Waals surface area contributed by atoms with Gasteiger partial charge in [-0.15, -0.1) is 0 Å².